The molecule has 0 aromatic heterocycles. The van der Waals surface area contributed by atoms with E-state index in [9.17, 15) is 29.7 Å². The van der Waals surface area contributed by atoms with Crippen molar-refractivity contribution in [2.75, 3.05) is 0 Å². The van der Waals surface area contributed by atoms with Crippen LogP contribution in [-0.4, -0.2) is 17.9 Å². The maximum absolute atomic E-state index is 10.5. The van der Waals surface area contributed by atoms with Crippen LogP contribution in [0.25, 0.3) is 0 Å². The number of aliphatic carboxylic acids is 3. The minimum absolute atomic E-state index is 0. The quantitative estimate of drug-likeness (QED) is 0.268. The molecule has 7 heteroatoms. The van der Waals surface area contributed by atoms with Gasteiger partial charge in [0, 0.05) is 17.9 Å². The maximum Gasteiger partial charge on any atom is 3.00 e. The fraction of sp³-hybridized carbons (Fsp3) is 0.889. The number of carboxylic acid groups (broad SMARTS) is 3. The van der Waals surface area contributed by atoms with E-state index in [1.54, 1.807) is 0 Å². The first-order chi connectivity index (χ1) is 15.7. The Balaban J connectivity index is -0.000000196. The summed E-state index contributed by atoms with van der Waals surface area (Å²) in [5.41, 5.74) is 0. The second-order valence-corrected chi connectivity index (χ2v) is 8.84. The summed E-state index contributed by atoms with van der Waals surface area (Å²) in [6, 6.07) is 0. The minimum atomic E-state index is -0.875. The van der Waals surface area contributed by atoms with Crippen LogP contribution < -0.4 is 15.3 Å². The molecule has 0 fully saturated rings. The van der Waals surface area contributed by atoms with Crippen molar-refractivity contribution in [3.8, 4) is 0 Å². The first kappa shape index (κ1) is 40.2. The molecule has 200 valence electrons. The van der Waals surface area contributed by atoms with Crippen LogP contribution in [0.4, 0.5) is 0 Å². The maximum atomic E-state index is 10.5. The number of rotatable bonds is 18. The Morgan fingerprint density at radius 1 is 0.441 bits per heavy atom. The van der Waals surface area contributed by atoms with E-state index in [1.807, 2.05) is 20.8 Å². The summed E-state index contributed by atoms with van der Waals surface area (Å²) in [5, 5.41) is 31.5. The monoisotopic (exact) mass is 522 g/mol. The predicted molar refractivity (Wildman–Crippen MR) is 129 cm³/mol. The Hall–Kier alpha value is -1.01. The van der Waals surface area contributed by atoms with Gasteiger partial charge < -0.3 is 29.7 Å². The molecular weight excluding hydrogens is 471 g/mol. The van der Waals surface area contributed by atoms with Gasteiger partial charge in [-0.05, 0) is 56.3 Å². The van der Waals surface area contributed by atoms with Gasteiger partial charge in [-0.25, -0.2) is 0 Å². The van der Waals surface area contributed by atoms with E-state index in [-0.39, 0.29) is 36.3 Å². The van der Waals surface area contributed by atoms with Gasteiger partial charge in [0.05, 0.1) is 0 Å². The molecule has 0 aliphatic heterocycles. The molecule has 0 aliphatic rings. The Morgan fingerprint density at radius 3 is 0.765 bits per heavy atom. The first-order valence-electron chi connectivity index (χ1n) is 13.3. The van der Waals surface area contributed by atoms with Gasteiger partial charge in [0.15, 0.2) is 0 Å². The van der Waals surface area contributed by atoms with Crippen LogP contribution in [0.1, 0.15) is 138 Å². The third-order valence-electron chi connectivity index (χ3n) is 5.63. The molecule has 0 saturated heterocycles. The molecule has 0 aromatic rings. The molecule has 34 heavy (non-hydrogen) atoms. The Morgan fingerprint density at radius 2 is 0.647 bits per heavy atom. The van der Waals surface area contributed by atoms with E-state index in [0.29, 0.717) is 0 Å². The summed E-state index contributed by atoms with van der Waals surface area (Å²) in [7, 11) is 0. The van der Waals surface area contributed by atoms with Crippen LogP contribution in [0, 0.1) is 17.8 Å². The average Bonchev–Trinajstić information content (AvgIpc) is 2.77. The van der Waals surface area contributed by atoms with E-state index in [4.69, 9.17) is 0 Å². The molecule has 0 bridgehead atoms. The number of unbranched alkanes of at least 4 members (excludes halogenated alkanes) is 3. The fourth-order valence-corrected chi connectivity index (χ4v) is 3.54. The molecule has 0 radical (unpaired) electrons. The summed E-state index contributed by atoms with van der Waals surface area (Å²) in [6.45, 7) is 12.2. The second-order valence-electron chi connectivity index (χ2n) is 8.84. The van der Waals surface area contributed by atoms with Crippen LogP contribution in [0.5, 0.6) is 0 Å². The van der Waals surface area contributed by atoms with Crippen LogP contribution in [0.15, 0.2) is 0 Å². The summed E-state index contributed by atoms with van der Waals surface area (Å²) < 4.78 is 0. The van der Waals surface area contributed by atoms with Crippen LogP contribution in [-0.2, 0) is 32.9 Å². The largest absolute Gasteiger partial charge is 3.00 e. The molecule has 0 aliphatic carbocycles. The van der Waals surface area contributed by atoms with Crippen molar-refractivity contribution in [2.45, 2.75) is 138 Å². The van der Waals surface area contributed by atoms with Gasteiger partial charge in [0.25, 0.3) is 0 Å². The van der Waals surface area contributed by atoms with Crippen molar-refractivity contribution in [2.24, 2.45) is 17.8 Å². The number of carbonyl (C=O) groups excluding carboxylic acids is 3. The normalized spacial score (nSPS) is 12.5. The summed E-state index contributed by atoms with van der Waals surface area (Å²) in [6.07, 6.45) is 13.6. The van der Waals surface area contributed by atoms with Gasteiger partial charge in [-0.3, -0.25) is 0 Å². The molecule has 6 nitrogen and oxygen atoms in total. The number of hydrogen-bond acceptors (Lipinski definition) is 6. The third kappa shape index (κ3) is 27.2. The van der Waals surface area contributed by atoms with E-state index in [2.05, 4.69) is 20.8 Å². The zero-order chi connectivity index (χ0) is 26.1. The number of hydrogen-bond donors (Lipinski definition) is 0. The summed E-state index contributed by atoms with van der Waals surface area (Å²) in [5.74, 6) is -3.25. The molecule has 0 amide bonds. The molecule has 0 heterocycles. The van der Waals surface area contributed by atoms with Crippen molar-refractivity contribution >= 4 is 17.9 Å². The van der Waals surface area contributed by atoms with Gasteiger partial charge in [0.2, 0.25) is 0 Å². The van der Waals surface area contributed by atoms with Crippen molar-refractivity contribution in [1.82, 2.24) is 0 Å². The van der Waals surface area contributed by atoms with Gasteiger partial charge in [-0.15, -0.1) is 0 Å². The van der Waals surface area contributed by atoms with Crippen LogP contribution in [0.2, 0.25) is 0 Å². The zero-order valence-electron chi connectivity index (χ0n) is 22.7. The van der Waals surface area contributed by atoms with Crippen molar-refractivity contribution in [1.29, 1.82) is 0 Å². The first-order valence-corrected chi connectivity index (χ1v) is 13.3. The molecule has 0 saturated carbocycles. The third-order valence-corrected chi connectivity index (χ3v) is 5.63. The smallest absolute Gasteiger partial charge is 0.550 e. The molecule has 0 rings (SSSR count). The Labute approximate surface area is 221 Å². The molecule has 0 N–H and O–H groups in total. The molecule has 3 unspecified atom stereocenters. The molecule has 0 aromatic carbocycles. The Kier molecular flexibility index (Phi) is 35.5. The van der Waals surface area contributed by atoms with Crippen molar-refractivity contribution < 1.29 is 48.3 Å². The number of carboxylic acids is 3. The molecular formula is C27H51O6V. The zero-order valence-corrected chi connectivity index (χ0v) is 24.1. The molecule has 0 spiro atoms. The summed E-state index contributed by atoms with van der Waals surface area (Å²) >= 11 is 0. The fourth-order valence-electron chi connectivity index (χ4n) is 3.54. The van der Waals surface area contributed by atoms with Gasteiger partial charge in [-0.1, -0.05) is 99.3 Å². The van der Waals surface area contributed by atoms with Gasteiger partial charge in [-0.2, -0.15) is 0 Å². The van der Waals surface area contributed by atoms with E-state index >= 15 is 0 Å². The van der Waals surface area contributed by atoms with Gasteiger partial charge in [0.1, 0.15) is 0 Å². The van der Waals surface area contributed by atoms with E-state index in [0.717, 1.165) is 96.3 Å². The Bertz CT molecular complexity index is 403. The van der Waals surface area contributed by atoms with E-state index in [1.165, 1.54) is 0 Å². The van der Waals surface area contributed by atoms with Crippen molar-refractivity contribution in [3.05, 3.63) is 0 Å². The number of carbonyl (C=O) groups is 3. The SMILES string of the molecule is CCCCC(CCC)C(=O)[O-].CCCCC(CCC)C(=O)[O-].CCCCC(CCC)C(=O)[O-].[V+3]. The second kappa shape index (κ2) is 30.0. The molecule has 3 atom stereocenters. The average molecular weight is 523 g/mol. The van der Waals surface area contributed by atoms with Crippen LogP contribution in [0.3, 0.4) is 0 Å². The predicted octanol–water partition coefficient (Wildman–Crippen LogP) is 4.03. The minimum Gasteiger partial charge on any atom is -0.550 e. The van der Waals surface area contributed by atoms with Gasteiger partial charge >= 0.3 is 18.6 Å². The van der Waals surface area contributed by atoms with Crippen LogP contribution >= 0.6 is 0 Å². The van der Waals surface area contributed by atoms with E-state index < -0.39 is 17.9 Å². The van der Waals surface area contributed by atoms with Crippen molar-refractivity contribution in [3.63, 3.8) is 0 Å². The topological polar surface area (TPSA) is 120 Å². The standard InChI is InChI=1S/3C9H18O2.V/c3*1-3-5-7-8(6-4-2)9(10)11;/h3*8H,3-7H2,1-2H3,(H,10,11);/q;;;+3/p-3. The summed E-state index contributed by atoms with van der Waals surface area (Å²) in [4.78, 5) is 31.5.